The van der Waals surface area contributed by atoms with Crippen LogP contribution in [0.1, 0.15) is 191 Å². The number of aromatic amines is 4. The molecule has 640 valence electrons. The van der Waals surface area contributed by atoms with Crippen LogP contribution in [0.5, 0.6) is 0 Å². The predicted molar refractivity (Wildman–Crippen MR) is 492 cm³/mol. The number of benzene rings is 8. The molecule has 0 amide bonds. The van der Waals surface area contributed by atoms with Gasteiger partial charge in [-0.3, -0.25) is 39.1 Å². The number of unbranched alkanes of at least 4 members (excludes halogenated alkanes) is 1. The van der Waals surface area contributed by atoms with E-state index >= 15 is 0 Å². The Kier molecular flexibility index (Phi) is 27.2. The molecular weight excluding hydrogens is 1560 g/mol. The average molecular weight is 1670 g/mol. The Labute approximate surface area is 718 Å². The molecule has 4 N–H and O–H groups in total. The van der Waals surface area contributed by atoms with E-state index in [9.17, 15) is 38.4 Å². The van der Waals surface area contributed by atoms with E-state index in [2.05, 4.69) is 285 Å². The topological polar surface area (TPSA) is 332 Å². The number of hydrogen-bond acceptors (Lipinski definition) is 17. The molecule has 0 aliphatic carbocycles. The summed E-state index contributed by atoms with van der Waals surface area (Å²) >= 11 is 0. The molecule has 25 nitrogen and oxygen atoms in total. The third-order valence-corrected chi connectivity index (χ3v) is 22.9. The summed E-state index contributed by atoms with van der Waals surface area (Å²) in [5, 5.41) is 0. The SMILES string of the molecule is COCCCCc1cc2c(cc1C)nc1c(=O)[nH]c(=O)nc-1n2CCCc1ccc(C)cc1.Cc1ccc(C(C)CCn2c3nc(=O)[nH]c(=O)c-3nc3cc(C(C)C)ccc32)cc1.Cc1ccc(CC(C)(C)Cn2c3nc(=O)[nH]c(=O)c-3nc3cc(C(C)C)ccc32)cc1.Cc1ccc(CCCn2c3nc(=O)[nH]c(=O)c-3nc3cc(C(C)(C)C)ccc32)cc1. The van der Waals surface area contributed by atoms with Crippen LogP contribution >= 0.6 is 0 Å². The maximum atomic E-state index is 12.5. The lowest BCUT2D eigenvalue weighted by Crippen LogP contribution is -2.31. The fourth-order valence-corrected chi connectivity index (χ4v) is 15.8. The second-order valence-electron chi connectivity index (χ2n) is 35.2. The Morgan fingerprint density at radius 1 is 0.363 bits per heavy atom. The summed E-state index contributed by atoms with van der Waals surface area (Å²) in [4.78, 5) is 141. The van der Waals surface area contributed by atoms with Crippen molar-refractivity contribution >= 4 is 44.1 Å². The zero-order valence-electron chi connectivity index (χ0n) is 73.8. The third kappa shape index (κ3) is 21.1. The van der Waals surface area contributed by atoms with Crippen LogP contribution in [0.3, 0.4) is 0 Å². The fraction of sp³-hybridized carbons (Fsp3) is 0.354. The number of ether oxygens (including phenoxy) is 1. The molecule has 0 saturated heterocycles. The van der Waals surface area contributed by atoms with Crippen LogP contribution in [0.15, 0.2) is 202 Å². The van der Waals surface area contributed by atoms with Crippen LogP contribution < -0.4 is 45.0 Å². The van der Waals surface area contributed by atoms with Crippen LogP contribution in [0.4, 0.5) is 0 Å². The standard InChI is InChI=1S/C26H30N4O3.C25H28N4O2.2C24H26N4O2/c1-17-9-11-19(12-10-17)7-6-13-30-22-16-20(8-4-5-14-33-3)18(2)15-21(22)27-23-24(30)28-26(32)29-25(23)31;1-15(2)18-10-11-20-19(12-18)26-21-22(27-24(31)28-23(21)30)29(20)14-25(4,5)13-17-8-6-16(3)7-9-17;1-14(2)18-9-10-20-19(13-18)25-21-22(26-24(30)27-23(21)29)28(20)12-11-16(4)17-7-5-15(3)6-8-17;1-15-7-9-16(10-8-15)6-5-13-28-19-12-11-17(24(2,3)4)14-18(19)25-20-21(28)26-23(30)27-22(20)29/h9-12,15-16H,4-8,13-14H2,1-3H3,(H,29,31,32);6-12,15H,13-14H2,1-5H3,(H,28,30,31);5-10,13-14,16H,11-12H2,1-4H3,(H,27,29,30);7-12,14H,5-6,13H2,1-4H3,(H,27,29,30). The Morgan fingerprint density at radius 3 is 1.15 bits per heavy atom. The number of nitrogens with one attached hydrogen (secondary N) is 4. The molecule has 0 aromatic heterocycles. The van der Waals surface area contributed by atoms with E-state index in [4.69, 9.17) is 4.74 Å². The molecule has 0 bridgehead atoms. The number of aryl methyl sites for hydroxylation is 11. The predicted octanol–water partition coefficient (Wildman–Crippen LogP) is 16.1. The van der Waals surface area contributed by atoms with Crippen molar-refractivity contribution < 1.29 is 4.74 Å². The van der Waals surface area contributed by atoms with Crippen molar-refractivity contribution in [3.8, 4) is 46.1 Å². The molecule has 0 radical (unpaired) electrons. The molecule has 0 fully saturated rings. The monoisotopic (exact) mass is 1670 g/mol. The summed E-state index contributed by atoms with van der Waals surface area (Å²) < 4.78 is 13.1. The highest BCUT2D eigenvalue weighted by atomic mass is 16.5. The van der Waals surface area contributed by atoms with E-state index in [-0.39, 0.29) is 33.6 Å². The summed E-state index contributed by atoms with van der Waals surface area (Å²) in [7, 11) is 1.72. The minimum atomic E-state index is -0.650. The summed E-state index contributed by atoms with van der Waals surface area (Å²) in [6.45, 7) is 35.1. The van der Waals surface area contributed by atoms with E-state index in [0.29, 0.717) is 67.2 Å². The first-order chi connectivity index (χ1) is 59.1. The maximum Gasteiger partial charge on any atom is 0.349 e. The minimum absolute atomic E-state index is 0.0371. The molecule has 0 saturated carbocycles. The number of aromatic nitrogens is 16. The summed E-state index contributed by atoms with van der Waals surface area (Å²) in [5.41, 5.74) is 18.3. The molecule has 124 heavy (non-hydrogen) atoms. The average Bonchev–Trinajstić information content (AvgIpc) is 0.773. The summed E-state index contributed by atoms with van der Waals surface area (Å²) in [5.74, 6) is 2.36. The Hall–Kier alpha value is -13.2. The molecule has 16 rings (SSSR count). The lowest BCUT2D eigenvalue weighted by molar-refractivity contribution is 0.193. The molecule has 1 atom stereocenters. The summed E-state index contributed by atoms with van der Waals surface area (Å²) in [6.07, 6.45) is 8.14. The van der Waals surface area contributed by atoms with Gasteiger partial charge >= 0.3 is 22.8 Å². The van der Waals surface area contributed by atoms with Crippen molar-refractivity contribution in [1.82, 2.24) is 78.1 Å². The van der Waals surface area contributed by atoms with Crippen molar-refractivity contribution in [2.45, 2.75) is 211 Å². The summed E-state index contributed by atoms with van der Waals surface area (Å²) in [6, 6.07) is 56.6. The van der Waals surface area contributed by atoms with Gasteiger partial charge in [-0.25, -0.2) is 39.1 Å². The van der Waals surface area contributed by atoms with Crippen molar-refractivity contribution in [2.24, 2.45) is 5.41 Å². The Bertz CT molecular complexity index is 6910. The molecule has 8 aliphatic rings. The van der Waals surface area contributed by atoms with Crippen LogP contribution in [0.2, 0.25) is 0 Å². The van der Waals surface area contributed by atoms with E-state index in [1.54, 1.807) is 7.11 Å². The van der Waals surface area contributed by atoms with Gasteiger partial charge in [0, 0.05) is 39.9 Å². The zero-order valence-corrected chi connectivity index (χ0v) is 73.8. The first-order valence-electron chi connectivity index (χ1n) is 42.6. The van der Waals surface area contributed by atoms with Crippen molar-refractivity contribution in [3.05, 3.63) is 319 Å². The van der Waals surface area contributed by atoms with Gasteiger partial charge in [0.25, 0.3) is 22.2 Å². The van der Waals surface area contributed by atoms with Gasteiger partial charge in [0.05, 0.1) is 44.1 Å². The second kappa shape index (κ2) is 38.1. The highest BCUT2D eigenvalue weighted by Crippen LogP contribution is 2.35. The van der Waals surface area contributed by atoms with E-state index < -0.39 is 45.0 Å². The van der Waals surface area contributed by atoms with Gasteiger partial charge in [0.1, 0.15) is 0 Å². The lowest BCUT2D eigenvalue weighted by Gasteiger charge is -2.29. The van der Waals surface area contributed by atoms with Gasteiger partial charge in [-0.05, 0) is 220 Å². The van der Waals surface area contributed by atoms with E-state index in [1.165, 1.54) is 50.1 Å². The van der Waals surface area contributed by atoms with Gasteiger partial charge in [-0.1, -0.05) is 207 Å². The number of rotatable bonds is 23. The second-order valence-corrected chi connectivity index (χ2v) is 35.2. The Balaban J connectivity index is 0.000000142. The molecular formula is C99H110N16O9. The molecule has 0 spiro atoms. The number of hydrogen-bond donors (Lipinski definition) is 4. The molecule has 25 heteroatoms. The van der Waals surface area contributed by atoms with E-state index in [0.717, 1.165) is 131 Å². The highest BCUT2D eigenvalue weighted by molar-refractivity contribution is 5.84. The number of fused-ring (bicyclic) bond motifs is 8. The Morgan fingerprint density at radius 2 is 0.726 bits per heavy atom. The van der Waals surface area contributed by atoms with Gasteiger partial charge < -0.3 is 23.0 Å². The molecule has 8 aliphatic heterocycles. The van der Waals surface area contributed by atoms with Gasteiger partial charge in [-0.15, -0.1) is 0 Å². The third-order valence-electron chi connectivity index (χ3n) is 22.9. The van der Waals surface area contributed by atoms with Gasteiger partial charge in [-0.2, -0.15) is 19.9 Å². The fourth-order valence-electron chi connectivity index (χ4n) is 15.8. The largest absolute Gasteiger partial charge is 0.385 e. The molecule has 8 aromatic carbocycles. The maximum absolute atomic E-state index is 12.5. The zero-order chi connectivity index (χ0) is 88.6. The van der Waals surface area contributed by atoms with Crippen LogP contribution in [-0.2, 0) is 62.0 Å². The van der Waals surface area contributed by atoms with Crippen LogP contribution in [-0.4, -0.2) is 91.8 Å². The molecule has 8 heterocycles. The smallest absolute Gasteiger partial charge is 0.349 e. The minimum Gasteiger partial charge on any atom is -0.385 e. The molecule has 8 aromatic rings. The normalized spacial score (nSPS) is 12.1. The van der Waals surface area contributed by atoms with Gasteiger partial charge in [0.2, 0.25) is 0 Å². The van der Waals surface area contributed by atoms with Crippen molar-refractivity contribution in [3.63, 3.8) is 0 Å². The van der Waals surface area contributed by atoms with Crippen LogP contribution in [0, 0.1) is 40.0 Å². The molecule has 1 unspecified atom stereocenters. The van der Waals surface area contributed by atoms with Crippen molar-refractivity contribution in [2.75, 3.05) is 13.7 Å². The van der Waals surface area contributed by atoms with Crippen LogP contribution in [0.25, 0.3) is 90.2 Å². The van der Waals surface area contributed by atoms with Crippen molar-refractivity contribution in [1.29, 1.82) is 0 Å². The number of H-pyrrole nitrogens is 4. The first-order valence-corrected chi connectivity index (χ1v) is 42.6. The number of nitrogens with zero attached hydrogens (tertiary/aromatic N) is 12. The highest BCUT2D eigenvalue weighted by Gasteiger charge is 2.29. The first kappa shape index (κ1) is 88.6. The lowest BCUT2D eigenvalue weighted by atomic mass is 9.85. The number of methoxy groups -OCH3 is 1. The van der Waals surface area contributed by atoms with E-state index in [1.807, 2.05) is 60.7 Å². The quantitative estimate of drug-likeness (QED) is 0.0341. The van der Waals surface area contributed by atoms with Gasteiger partial charge in [0.15, 0.2) is 46.1 Å².